The standard InChI is InChI=1S/C14H11BrF3NO/c15-8-1-3-12(18)13(5-8)19-7-14(20)10-6-9(16)2-4-11(10)17/h1-6,14,19-20H,7H2. The van der Waals surface area contributed by atoms with Crippen LogP contribution in [0.2, 0.25) is 0 Å². The van der Waals surface area contributed by atoms with E-state index in [9.17, 15) is 18.3 Å². The van der Waals surface area contributed by atoms with Crippen LogP contribution in [0.3, 0.4) is 0 Å². The summed E-state index contributed by atoms with van der Waals surface area (Å²) in [5, 5.41) is 12.5. The zero-order chi connectivity index (χ0) is 14.7. The molecule has 6 heteroatoms. The molecule has 0 saturated heterocycles. The Balaban J connectivity index is 2.10. The van der Waals surface area contributed by atoms with Gasteiger partial charge in [-0.2, -0.15) is 0 Å². The van der Waals surface area contributed by atoms with Gasteiger partial charge < -0.3 is 10.4 Å². The fourth-order valence-corrected chi connectivity index (χ4v) is 2.08. The van der Waals surface area contributed by atoms with Gasteiger partial charge in [0.1, 0.15) is 17.5 Å². The molecule has 2 aromatic carbocycles. The summed E-state index contributed by atoms with van der Waals surface area (Å²) < 4.78 is 40.6. The molecule has 0 aliphatic rings. The molecular weight excluding hydrogens is 335 g/mol. The molecule has 0 aromatic heterocycles. The van der Waals surface area contributed by atoms with Gasteiger partial charge in [-0.3, -0.25) is 0 Å². The van der Waals surface area contributed by atoms with Crippen LogP contribution in [0.15, 0.2) is 40.9 Å². The van der Waals surface area contributed by atoms with E-state index in [1.165, 1.54) is 18.2 Å². The highest BCUT2D eigenvalue weighted by molar-refractivity contribution is 9.10. The average Bonchev–Trinajstić information content (AvgIpc) is 2.42. The molecule has 2 N–H and O–H groups in total. The number of rotatable bonds is 4. The molecule has 1 atom stereocenters. The summed E-state index contributed by atoms with van der Waals surface area (Å²) in [7, 11) is 0. The van der Waals surface area contributed by atoms with E-state index in [1.807, 2.05) is 0 Å². The molecular formula is C14H11BrF3NO. The van der Waals surface area contributed by atoms with E-state index in [0.717, 1.165) is 18.2 Å². The smallest absolute Gasteiger partial charge is 0.146 e. The highest BCUT2D eigenvalue weighted by Gasteiger charge is 2.14. The zero-order valence-corrected chi connectivity index (χ0v) is 11.8. The Morgan fingerprint density at radius 1 is 1.05 bits per heavy atom. The van der Waals surface area contributed by atoms with Crippen LogP contribution >= 0.6 is 15.9 Å². The molecule has 0 amide bonds. The van der Waals surface area contributed by atoms with Crippen molar-refractivity contribution in [1.29, 1.82) is 0 Å². The fourth-order valence-electron chi connectivity index (χ4n) is 1.72. The molecule has 0 fully saturated rings. The van der Waals surface area contributed by atoms with Gasteiger partial charge in [0.05, 0.1) is 11.8 Å². The van der Waals surface area contributed by atoms with Crippen molar-refractivity contribution < 1.29 is 18.3 Å². The Morgan fingerprint density at radius 2 is 1.75 bits per heavy atom. The lowest BCUT2D eigenvalue weighted by molar-refractivity contribution is 0.186. The van der Waals surface area contributed by atoms with E-state index in [-0.39, 0.29) is 17.8 Å². The monoisotopic (exact) mass is 345 g/mol. The van der Waals surface area contributed by atoms with Crippen molar-refractivity contribution >= 4 is 21.6 Å². The Morgan fingerprint density at radius 3 is 2.50 bits per heavy atom. The highest BCUT2D eigenvalue weighted by Crippen LogP contribution is 2.22. The molecule has 0 bridgehead atoms. The molecule has 106 valence electrons. The summed E-state index contributed by atoms with van der Waals surface area (Å²) in [6.45, 7) is -0.145. The predicted octanol–water partition coefficient (Wildman–Crippen LogP) is 4.01. The van der Waals surface area contributed by atoms with Crippen LogP contribution in [-0.2, 0) is 0 Å². The van der Waals surface area contributed by atoms with Crippen LogP contribution in [0, 0.1) is 17.5 Å². The number of nitrogens with one attached hydrogen (secondary N) is 1. The molecule has 2 rings (SSSR count). The summed E-state index contributed by atoms with van der Waals surface area (Å²) in [6.07, 6.45) is -1.29. The predicted molar refractivity (Wildman–Crippen MR) is 73.9 cm³/mol. The largest absolute Gasteiger partial charge is 0.386 e. The maximum absolute atomic E-state index is 13.5. The molecule has 1 unspecified atom stereocenters. The normalized spacial score (nSPS) is 12.2. The van der Waals surface area contributed by atoms with Crippen molar-refractivity contribution in [2.45, 2.75) is 6.10 Å². The third-order valence-corrected chi connectivity index (χ3v) is 3.22. The Hall–Kier alpha value is -1.53. The van der Waals surface area contributed by atoms with Crippen LogP contribution in [0.5, 0.6) is 0 Å². The van der Waals surface area contributed by atoms with Crippen LogP contribution in [0.25, 0.3) is 0 Å². The van der Waals surface area contributed by atoms with Gasteiger partial charge in [-0.25, -0.2) is 13.2 Å². The lowest BCUT2D eigenvalue weighted by atomic mass is 10.1. The van der Waals surface area contributed by atoms with Crippen LogP contribution in [0.4, 0.5) is 18.9 Å². The van der Waals surface area contributed by atoms with E-state index in [0.29, 0.717) is 4.47 Å². The van der Waals surface area contributed by atoms with Gasteiger partial charge in [-0.05, 0) is 36.4 Å². The number of benzene rings is 2. The zero-order valence-electron chi connectivity index (χ0n) is 10.2. The maximum Gasteiger partial charge on any atom is 0.146 e. The van der Waals surface area contributed by atoms with Gasteiger partial charge in [0.25, 0.3) is 0 Å². The Bertz CT molecular complexity index is 621. The number of aliphatic hydroxyl groups is 1. The number of halogens is 4. The van der Waals surface area contributed by atoms with Crippen molar-refractivity contribution in [1.82, 2.24) is 0 Å². The molecule has 0 radical (unpaired) electrons. The number of aliphatic hydroxyl groups excluding tert-OH is 1. The number of hydrogen-bond acceptors (Lipinski definition) is 2. The van der Waals surface area contributed by atoms with E-state index < -0.39 is 23.6 Å². The SMILES string of the molecule is OC(CNc1cc(Br)ccc1F)c1cc(F)ccc1F. The van der Waals surface area contributed by atoms with Gasteiger partial charge in [0.15, 0.2) is 0 Å². The van der Waals surface area contributed by atoms with Gasteiger partial charge >= 0.3 is 0 Å². The van der Waals surface area contributed by atoms with Gasteiger partial charge in [0.2, 0.25) is 0 Å². The summed E-state index contributed by atoms with van der Waals surface area (Å²) in [6, 6.07) is 7.09. The van der Waals surface area contributed by atoms with Crippen LogP contribution in [0.1, 0.15) is 11.7 Å². The molecule has 2 nitrogen and oxygen atoms in total. The van der Waals surface area contributed by atoms with Gasteiger partial charge in [-0.1, -0.05) is 15.9 Å². The molecule has 0 aliphatic heterocycles. The molecule has 2 aromatic rings. The van der Waals surface area contributed by atoms with E-state index in [2.05, 4.69) is 21.2 Å². The molecule has 20 heavy (non-hydrogen) atoms. The quantitative estimate of drug-likeness (QED) is 0.877. The van der Waals surface area contributed by atoms with Gasteiger partial charge in [-0.15, -0.1) is 0 Å². The van der Waals surface area contributed by atoms with Crippen molar-refractivity contribution in [3.05, 3.63) is 63.9 Å². The fraction of sp³-hybridized carbons (Fsp3) is 0.143. The first-order valence-electron chi connectivity index (χ1n) is 5.79. The number of anilines is 1. The van der Waals surface area contributed by atoms with E-state index in [1.54, 1.807) is 0 Å². The summed E-state index contributed by atoms with van der Waals surface area (Å²) in [5.41, 5.74) is -0.0110. The first kappa shape index (κ1) is 14.9. The average molecular weight is 346 g/mol. The minimum atomic E-state index is -1.29. The maximum atomic E-state index is 13.5. The van der Waals surface area contributed by atoms with Crippen molar-refractivity contribution in [3.63, 3.8) is 0 Å². The summed E-state index contributed by atoms with van der Waals surface area (Å²) >= 11 is 3.19. The first-order chi connectivity index (χ1) is 9.47. The second-order valence-electron chi connectivity index (χ2n) is 4.19. The van der Waals surface area contributed by atoms with Crippen LogP contribution in [-0.4, -0.2) is 11.7 Å². The molecule has 0 saturated carbocycles. The molecule has 0 heterocycles. The third-order valence-electron chi connectivity index (χ3n) is 2.73. The topological polar surface area (TPSA) is 32.3 Å². The van der Waals surface area contributed by atoms with Crippen molar-refractivity contribution in [3.8, 4) is 0 Å². The Kier molecular flexibility index (Phi) is 4.67. The minimum Gasteiger partial charge on any atom is -0.386 e. The molecule has 0 aliphatic carbocycles. The van der Waals surface area contributed by atoms with Gasteiger partial charge in [0, 0.05) is 16.6 Å². The first-order valence-corrected chi connectivity index (χ1v) is 6.58. The summed E-state index contributed by atoms with van der Waals surface area (Å²) in [5.74, 6) is -1.86. The lowest BCUT2D eigenvalue weighted by Crippen LogP contribution is -2.14. The van der Waals surface area contributed by atoms with E-state index in [4.69, 9.17) is 0 Å². The summed E-state index contributed by atoms with van der Waals surface area (Å²) in [4.78, 5) is 0. The van der Waals surface area contributed by atoms with Crippen LogP contribution < -0.4 is 5.32 Å². The van der Waals surface area contributed by atoms with E-state index >= 15 is 0 Å². The minimum absolute atomic E-state index is 0.145. The van der Waals surface area contributed by atoms with Crippen molar-refractivity contribution in [2.24, 2.45) is 0 Å². The number of hydrogen-bond donors (Lipinski definition) is 2. The second kappa shape index (κ2) is 6.28. The second-order valence-corrected chi connectivity index (χ2v) is 5.10. The third kappa shape index (κ3) is 3.52. The highest BCUT2D eigenvalue weighted by atomic mass is 79.9. The Labute approximate surface area is 122 Å². The molecule has 0 spiro atoms. The van der Waals surface area contributed by atoms with Crippen molar-refractivity contribution in [2.75, 3.05) is 11.9 Å². The lowest BCUT2D eigenvalue weighted by Gasteiger charge is -2.14.